The molecule has 4 nitrogen and oxygen atoms in total. The molecule has 0 unspecified atom stereocenters. The Balaban J connectivity index is 2.09. The summed E-state index contributed by atoms with van der Waals surface area (Å²) in [6, 6.07) is 15.5. The van der Waals surface area contributed by atoms with Crippen LogP contribution >= 0.6 is 0 Å². The molecule has 23 heavy (non-hydrogen) atoms. The molecule has 0 saturated heterocycles. The van der Waals surface area contributed by atoms with E-state index in [0.717, 1.165) is 11.1 Å². The minimum atomic E-state index is -0.542. The first-order valence-corrected chi connectivity index (χ1v) is 7.61. The van der Waals surface area contributed by atoms with Crippen molar-refractivity contribution in [3.8, 4) is 5.75 Å². The third-order valence-corrected chi connectivity index (χ3v) is 3.01. The maximum Gasteiger partial charge on any atom is 0.412 e. The Labute approximate surface area is 137 Å². The van der Waals surface area contributed by atoms with E-state index in [9.17, 15) is 4.79 Å². The molecule has 1 N–H and O–H groups in total. The van der Waals surface area contributed by atoms with Gasteiger partial charge in [0.1, 0.15) is 18.0 Å². The molecule has 2 aromatic rings. The van der Waals surface area contributed by atoms with Gasteiger partial charge in [-0.3, -0.25) is 5.32 Å². The zero-order chi connectivity index (χ0) is 16.9. The highest BCUT2D eigenvalue weighted by Crippen LogP contribution is 2.27. The van der Waals surface area contributed by atoms with Gasteiger partial charge < -0.3 is 9.47 Å². The van der Waals surface area contributed by atoms with Gasteiger partial charge in [0.2, 0.25) is 0 Å². The quantitative estimate of drug-likeness (QED) is 0.871. The van der Waals surface area contributed by atoms with Gasteiger partial charge in [0.15, 0.2) is 0 Å². The summed E-state index contributed by atoms with van der Waals surface area (Å²) >= 11 is 0. The van der Waals surface area contributed by atoms with Crippen molar-refractivity contribution in [1.29, 1.82) is 0 Å². The molecular weight excluding hydrogens is 290 g/mol. The Morgan fingerprint density at radius 2 is 1.78 bits per heavy atom. The number of ether oxygens (including phenoxy) is 2. The summed E-state index contributed by atoms with van der Waals surface area (Å²) in [7, 11) is 0. The SMILES string of the molecule is Cc1ccc(NC(=O)OC(C)(C)C)c(OCc2ccccc2)c1. The van der Waals surface area contributed by atoms with E-state index in [2.05, 4.69) is 5.32 Å². The Bertz CT molecular complexity index is 660. The van der Waals surface area contributed by atoms with Crippen LogP contribution in [0.5, 0.6) is 5.75 Å². The van der Waals surface area contributed by atoms with Gasteiger partial charge in [-0.1, -0.05) is 36.4 Å². The van der Waals surface area contributed by atoms with Crippen molar-refractivity contribution in [1.82, 2.24) is 0 Å². The largest absolute Gasteiger partial charge is 0.487 e. The fraction of sp³-hybridized carbons (Fsp3) is 0.316. The van der Waals surface area contributed by atoms with Gasteiger partial charge in [0, 0.05) is 0 Å². The maximum atomic E-state index is 12.0. The van der Waals surface area contributed by atoms with Crippen molar-refractivity contribution in [2.75, 3.05) is 5.32 Å². The molecule has 1 amide bonds. The molecule has 0 spiro atoms. The van der Waals surface area contributed by atoms with Gasteiger partial charge in [0.05, 0.1) is 5.69 Å². The van der Waals surface area contributed by atoms with Crippen molar-refractivity contribution >= 4 is 11.8 Å². The Morgan fingerprint density at radius 1 is 1.09 bits per heavy atom. The van der Waals surface area contributed by atoms with Crippen LogP contribution in [-0.2, 0) is 11.3 Å². The molecule has 4 heteroatoms. The third-order valence-electron chi connectivity index (χ3n) is 3.01. The van der Waals surface area contributed by atoms with Crippen molar-refractivity contribution in [3.05, 3.63) is 59.7 Å². The van der Waals surface area contributed by atoms with Crippen LogP contribution < -0.4 is 10.1 Å². The Hall–Kier alpha value is -2.49. The summed E-state index contributed by atoms with van der Waals surface area (Å²) in [5, 5.41) is 2.74. The molecular formula is C19H23NO3. The summed E-state index contributed by atoms with van der Waals surface area (Å²) in [6.45, 7) is 7.90. The predicted octanol–water partition coefficient (Wildman–Crippen LogP) is 4.92. The standard InChI is InChI=1S/C19H23NO3/c1-14-10-11-16(20-18(21)23-19(2,3)4)17(12-14)22-13-15-8-6-5-7-9-15/h5-12H,13H2,1-4H3,(H,20,21). The van der Waals surface area contributed by atoms with E-state index >= 15 is 0 Å². The van der Waals surface area contributed by atoms with Crippen LogP contribution in [0.1, 0.15) is 31.9 Å². The summed E-state index contributed by atoms with van der Waals surface area (Å²) < 4.78 is 11.1. The van der Waals surface area contributed by atoms with E-state index in [4.69, 9.17) is 9.47 Å². The van der Waals surface area contributed by atoms with Crippen LogP contribution in [0.4, 0.5) is 10.5 Å². The van der Waals surface area contributed by atoms with Gasteiger partial charge in [-0.05, 0) is 51.0 Å². The lowest BCUT2D eigenvalue weighted by Crippen LogP contribution is -2.27. The average Bonchev–Trinajstić information content (AvgIpc) is 2.46. The minimum absolute atomic E-state index is 0.438. The first-order chi connectivity index (χ1) is 10.8. The highest BCUT2D eigenvalue weighted by molar-refractivity contribution is 5.87. The van der Waals surface area contributed by atoms with Crippen LogP contribution in [0.3, 0.4) is 0 Å². The number of benzene rings is 2. The zero-order valence-electron chi connectivity index (χ0n) is 14.1. The number of carbonyl (C=O) groups is 1. The first kappa shape index (κ1) is 16.9. The molecule has 0 atom stereocenters. The average molecular weight is 313 g/mol. The zero-order valence-corrected chi connectivity index (χ0v) is 14.1. The molecule has 0 aliphatic carbocycles. The van der Waals surface area contributed by atoms with Crippen LogP contribution in [0, 0.1) is 6.92 Å². The fourth-order valence-electron chi connectivity index (χ4n) is 2.00. The summed E-state index contributed by atoms with van der Waals surface area (Å²) in [6.07, 6.45) is -0.495. The van der Waals surface area contributed by atoms with E-state index in [1.165, 1.54) is 0 Å². The molecule has 0 bridgehead atoms. The molecule has 2 aromatic carbocycles. The lowest BCUT2D eigenvalue weighted by molar-refractivity contribution is 0.0635. The number of hydrogen-bond donors (Lipinski definition) is 1. The number of amides is 1. The van der Waals surface area contributed by atoms with Crippen molar-refractivity contribution in [2.24, 2.45) is 0 Å². The molecule has 0 saturated carbocycles. The topological polar surface area (TPSA) is 47.6 Å². The molecule has 0 radical (unpaired) electrons. The van der Waals surface area contributed by atoms with E-state index in [0.29, 0.717) is 18.0 Å². The van der Waals surface area contributed by atoms with E-state index in [-0.39, 0.29) is 0 Å². The van der Waals surface area contributed by atoms with E-state index < -0.39 is 11.7 Å². The number of carbonyl (C=O) groups excluding carboxylic acids is 1. The number of anilines is 1. The number of hydrogen-bond acceptors (Lipinski definition) is 3. The van der Waals surface area contributed by atoms with Crippen LogP contribution in [0.2, 0.25) is 0 Å². The smallest absolute Gasteiger partial charge is 0.412 e. The lowest BCUT2D eigenvalue weighted by Gasteiger charge is -2.20. The highest BCUT2D eigenvalue weighted by atomic mass is 16.6. The summed E-state index contributed by atoms with van der Waals surface area (Å²) in [5.74, 6) is 0.625. The Kier molecular flexibility index (Phi) is 5.27. The summed E-state index contributed by atoms with van der Waals surface area (Å²) in [4.78, 5) is 12.0. The molecule has 122 valence electrons. The monoisotopic (exact) mass is 313 g/mol. The molecule has 0 aliphatic heterocycles. The molecule has 0 fully saturated rings. The van der Waals surface area contributed by atoms with Crippen molar-refractivity contribution in [2.45, 2.75) is 39.9 Å². The molecule has 0 aromatic heterocycles. The molecule has 2 rings (SSSR count). The third kappa shape index (κ3) is 5.66. The second-order valence-corrected chi connectivity index (χ2v) is 6.40. The minimum Gasteiger partial charge on any atom is -0.487 e. The van der Waals surface area contributed by atoms with E-state index in [1.54, 1.807) is 0 Å². The predicted molar refractivity (Wildman–Crippen MR) is 91.8 cm³/mol. The van der Waals surface area contributed by atoms with Gasteiger partial charge >= 0.3 is 6.09 Å². The maximum absolute atomic E-state index is 12.0. The second-order valence-electron chi connectivity index (χ2n) is 6.40. The van der Waals surface area contributed by atoms with Gasteiger partial charge in [-0.25, -0.2) is 4.79 Å². The van der Waals surface area contributed by atoms with Crippen LogP contribution in [-0.4, -0.2) is 11.7 Å². The van der Waals surface area contributed by atoms with Crippen molar-refractivity contribution < 1.29 is 14.3 Å². The number of nitrogens with one attached hydrogen (secondary N) is 1. The Morgan fingerprint density at radius 3 is 2.43 bits per heavy atom. The van der Waals surface area contributed by atoms with Gasteiger partial charge in [0.25, 0.3) is 0 Å². The molecule has 0 heterocycles. The summed E-state index contributed by atoms with van der Waals surface area (Å²) in [5.41, 5.74) is 2.18. The number of aryl methyl sites for hydroxylation is 1. The van der Waals surface area contributed by atoms with Gasteiger partial charge in [-0.2, -0.15) is 0 Å². The second kappa shape index (κ2) is 7.18. The molecule has 0 aliphatic rings. The van der Waals surface area contributed by atoms with Crippen molar-refractivity contribution in [3.63, 3.8) is 0 Å². The lowest BCUT2D eigenvalue weighted by atomic mass is 10.2. The normalized spacial score (nSPS) is 11.0. The van der Waals surface area contributed by atoms with Crippen LogP contribution in [0.15, 0.2) is 48.5 Å². The first-order valence-electron chi connectivity index (χ1n) is 7.61. The van der Waals surface area contributed by atoms with E-state index in [1.807, 2.05) is 76.2 Å². The highest BCUT2D eigenvalue weighted by Gasteiger charge is 2.17. The van der Waals surface area contributed by atoms with Crippen LogP contribution in [0.25, 0.3) is 0 Å². The van der Waals surface area contributed by atoms with Gasteiger partial charge in [-0.15, -0.1) is 0 Å². The fourth-order valence-corrected chi connectivity index (χ4v) is 2.00. The number of rotatable bonds is 4.